The van der Waals surface area contributed by atoms with E-state index in [1.54, 1.807) is 0 Å². The Morgan fingerprint density at radius 3 is 2.11 bits per heavy atom. The van der Waals surface area contributed by atoms with Gasteiger partial charge in [-0.2, -0.15) is 0 Å². The summed E-state index contributed by atoms with van der Waals surface area (Å²) < 4.78 is 2.55. The summed E-state index contributed by atoms with van der Waals surface area (Å²) in [6, 6.07) is 0.586. The minimum absolute atomic E-state index is 0.349. The predicted molar refractivity (Wildman–Crippen MR) is 92.9 cm³/mol. The minimum atomic E-state index is 0.349. The summed E-state index contributed by atoms with van der Waals surface area (Å²) in [5, 5.41) is 3.45. The molecule has 1 aliphatic rings. The number of likely N-dealkylation sites (N-methyl/N-ethyl adjacent to an activating group) is 1. The number of hydrogen-bond donors (Lipinski definition) is 1. The largest absolute Gasteiger partial charge is 0.315 e. The Kier molecular flexibility index (Phi) is 15.1. The van der Waals surface area contributed by atoms with Gasteiger partial charge in [-0.25, -0.2) is 4.31 Å². The molecule has 0 aliphatic carbocycles. The second kappa shape index (κ2) is 13.3. The van der Waals surface area contributed by atoms with Gasteiger partial charge in [0.2, 0.25) is 0 Å². The van der Waals surface area contributed by atoms with Gasteiger partial charge >= 0.3 is 0 Å². The molecule has 0 aromatic rings. The molecule has 0 aromatic heterocycles. The van der Waals surface area contributed by atoms with Crippen molar-refractivity contribution in [2.24, 2.45) is 5.41 Å². The Hall–Kier alpha value is 0.270. The molecule has 118 valence electrons. The Labute approximate surface area is 127 Å². The SMILES string of the molecule is CC.CC.CNC(CN1CCCCCS1)C(C)(C)C. The summed E-state index contributed by atoms with van der Waals surface area (Å²) in [4.78, 5) is 0. The van der Waals surface area contributed by atoms with Gasteiger partial charge in [-0.15, -0.1) is 0 Å². The highest BCUT2D eigenvalue weighted by molar-refractivity contribution is 7.97. The van der Waals surface area contributed by atoms with Gasteiger partial charge in [0.05, 0.1) is 0 Å². The first-order valence-corrected chi connectivity index (χ1v) is 9.03. The van der Waals surface area contributed by atoms with E-state index in [4.69, 9.17) is 0 Å². The van der Waals surface area contributed by atoms with E-state index >= 15 is 0 Å². The van der Waals surface area contributed by atoms with Crippen molar-refractivity contribution >= 4 is 11.9 Å². The van der Waals surface area contributed by atoms with Crippen LogP contribution in [-0.4, -0.2) is 36.2 Å². The van der Waals surface area contributed by atoms with E-state index in [2.05, 4.69) is 37.4 Å². The molecule has 0 spiro atoms. The molecule has 0 saturated carbocycles. The summed E-state index contributed by atoms with van der Waals surface area (Å²) in [5.41, 5.74) is 0.349. The molecular weight excluding hydrogens is 252 g/mol. The molecule has 1 rings (SSSR count). The fraction of sp³-hybridized carbons (Fsp3) is 1.00. The molecule has 0 amide bonds. The predicted octanol–water partition coefficient (Wildman–Crippen LogP) is 4.81. The van der Waals surface area contributed by atoms with Gasteiger partial charge in [0.25, 0.3) is 0 Å². The van der Waals surface area contributed by atoms with Crippen molar-refractivity contribution < 1.29 is 0 Å². The molecule has 0 radical (unpaired) electrons. The molecule has 1 N–H and O–H groups in total. The summed E-state index contributed by atoms with van der Waals surface area (Å²) in [5.74, 6) is 1.31. The Morgan fingerprint density at radius 2 is 1.63 bits per heavy atom. The third-order valence-corrected chi connectivity index (χ3v) is 4.27. The lowest BCUT2D eigenvalue weighted by Gasteiger charge is -2.34. The quantitative estimate of drug-likeness (QED) is 0.751. The third kappa shape index (κ3) is 10.7. The zero-order valence-corrected chi connectivity index (χ0v) is 15.5. The van der Waals surface area contributed by atoms with Gasteiger partial charge in [-0.05, 0) is 25.3 Å². The standard InChI is InChI=1S/C12H26N2S.2C2H6/c1-12(2,3)11(13-4)10-14-8-6-5-7-9-15-14;2*1-2/h11,13H,5-10H2,1-4H3;2*1-2H3. The summed E-state index contributed by atoms with van der Waals surface area (Å²) in [6.07, 6.45) is 4.16. The average molecular weight is 291 g/mol. The smallest absolute Gasteiger partial charge is 0.0249 e. The van der Waals surface area contributed by atoms with Crippen molar-refractivity contribution in [1.82, 2.24) is 9.62 Å². The van der Waals surface area contributed by atoms with E-state index in [0.29, 0.717) is 11.5 Å². The van der Waals surface area contributed by atoms with Crippen LogP contribution in [0.4, 0.5) is 0 Å². The number of nitrogens with one attached hydrogen (secondary N) is 1. The molecule has 1 unspecified atom stereocenters. The lowest BCUT2D eigenvalue weighted by molar-refractivity contribution is 0.241. The fourth-order valence-corrected chi connectivity index (χ4v) is 3.08. The molecule has 0 bridgehead atoms. The van der Waals surface area contributed by atoms with Crippen LogP contribution in [-0.2, 0) is 0 Å². The van der Waals surface area contributed by atoms with E-state index in [1.165, 1.54) is 38.1 Å². The maximum atomic E-state index is 3.45. The van der Waals surface area contributed by atoms with Crippen LogP contribution >= 0.6 is 11.9 Å². The average Bonchev–Trinajstić information content (AvgIpc) is 2.68. The Balaban J connectivity index is 0. The van der Waals surface area contributed by atoms with E-state index in [0.717, 1.165) is 0 Å². The molecule has 2 nitrogen and oxygen atoms in total. The molecule has 0 aromatic carbocycles. The van der Waals surface area contributed by atoms with Crippen LogP contribution in [0, 0.1) is 5.41 Å². The lowest BCUT2D eigenvalue weighted by Crippen LogP contribution is -2.45. The monoisotopic (exact) mass is 290 g/mol. The van der Waals surface area contributed by atoms with Crippen molar-refractivity contribution in [3.63, 3.8) is 0 Å². The number of nitrogens with zero attached hydrogens (tertiary/aromatic N) is 1. The van der Waals surface area contributed by atoms with Crippen LogP contribution in [0.1, 0.15) is 67.7 Å². The molecule has 1 saturated heterocycles. The highest BCUT2D eigenvalue weighted by Gasteiger charge is 2.25. The van der Waals surface area contributed by atoms with Crippen LogP contribution < -0.4 is 5.32 Å². The molecular formula is C16H38N2S. The molecule has 1 atom stereocenters. The van der Waals surface area contributed by atoms with Crippen LogP contribution in [0.15, 0.2) is 0 Å². The van der Waals surface area contributed by atoms with Crippen molar-refractivity contribution in [2.75, 3.05) is 25.9 Å². The molecule has 1 aliphatic heterocycles. The van der Waals surface area contributed by atoms with Crippen molar-refractivity contribution in [1.29, 1.82) is 0 Å². The van der Waals surface area contributed by atoms with Gasteiger partial charge in [0.15, 0.2) is 0 Å². The Bertz CT molecular complexity index is 170. The van der Waals surface area contributed by atoms with Gasteiger partial charge in [-0.3, -0.25) is 0 Å². The highest BCUT2D eigenvalue weighted by Crippen LogP contribution is 2.24. The first-order chi connectivity index (χ1) is 9.04. The van der Waals surface area contributed by atoms with Crippen LogP contribution in [0.25, 0.3) is 0 Å². The zero-order chi connectivity index (χ0) is 15.3. The third-order valence-electron chi connectivity index (χ3n) is 3.11. The summed E-state index contributed by atoms with van der Waals surface area (Å²) in [6.45, 7) is 17.4. The second-order valence-electron chi connectivity index (χ2n) is 5.49. The maximum Gasteiger partial charge on any atom is 0.0249 e. The molecule has 3 heteroatoms. The second-order valence-corrected chi connectivity index (χ2v) is 6.67. The van der Waals surface area contributed by atoms with Crippen LogP contribution in [0.5, 0.6) is 0 Å². The lowest BCUT2D eigenvalue weighted by atomic mass is 9.87. The van der Waals surface area contributed by atoms with E-state index < -0.39 is 0 Å². The van der Waals surface area contributed by atoms with E-state index in [9.17, 15) is 0 Å². The maximum absolute atomic E-state index is 3.45. The molecule has 1 fully saturated rings. The minimum Gasteiger partial charge on any atom is -0.315 e. The summed E-state index contributed by atoms with van der Waals surface area (Å²) >= 11 is 2.04. The normalized spacial score (nSPS) is 18.3. The number of hydrogen-bond acceptors (Lipinski definition) is 3. The summed E-state index contributed by atoms with van der Waals surface area (Å²) in [7, 11) is 2.08. The molecule has 1 heterocycles. The Morgan fingerprint density at radius 1 is 1.05 bits per heavy atom. The zero-order valence-electron chi connectivity index (χ0n) is 14.7. The van der Waals surface area contributed by atoms with Gasteiger partial charge < -0.3 is 5.32 Å². The number of rotatable bonds is 3. The van der Waals surface area contributed by atoms with Crippen LogP contribution in [0.2, 0.25) is 0 Å². The van der Waals surface area contributed by atoms with Crippen molar-refractivity contribution in [2.45, 2.75) is 73.8 Å². The van der Waals surface area contributed by atoms with Crippen molar-refractivity contribution in [3.8, 4) is 0 Å². The van der Waals surface area contributed by atoms with E-state index in [1.807, 2.05) is 39.6 Å². The van der Waals surface area contributed by atoms with Gasteiger partial charge in [-0.1, -0.05) is 66.8 Å². The first kappa shape index (κ1) is 21.6. The van der Waals surface area contributed by atoms with Gasteiger partial charge in [0.1, 0.15) is 0 Å². The highest BCUT2D eigenvalue weighted by atomic mass is 32.2. The van der Waals surface area contributed by atoms with Crippen molar-refractivity contribution in [3.05, 3.63) is 0 Å². The van der Waals surface area contributed by atoms with E-state index in [-0.39, 0.29) is 0 Å². The van der Waals surface area contributed by atoms with Gasteiger partial charge in [0, 0.05) is 24.9 Å². The first-order valence-electron chi connectivity index (χ1n) is 8.09. The fourth-order valence-electron chi connectivity index (χ4n) is 1.97. The molecule has 19 heavy (non-hydrogen) atoms. The van der Waals surface area contributed by atoms with Crippen LogP contribution in [0.3, 0.4) is 0 Å². The topological polar surface area (TPSA) is 15.3 Å².